The van der Waals surface area contributed by atoms with Gasteiger partial charge >= 0.3 is 0 Å². The second-order valence-corrected chi connectivity index (χ2v) is 4.22. The van der Waals surface area contributed by atoms with Gasteiger partial charge in [-0.25, -0.2) is 9.97 Å². The fraction of sp³-hybridized carbons (Fsp3) is 0.231. The Morgan fingerprint density at radius 3 is 2.41 bits per heavy atom. The monoisotopic (exact) mass is 247 g/mol. The van der Waals surface area contributed by atoms with Gasteiger partial charge in [0, 0.05) is 5.02 Å². The van der Waals surface area contributed by atoms with Crippen molar-refractivity contribution in [3.8, 4) is 0 Å². The van der Waals surface area contributed by atoms with Crippen molar-refractivity contribution >= 4 is 17.3 Å². The molecule has 0 radical (unpaired) electrons. The summed E-state index contributed by atoms with van der Waals surface area (Å²) in [6.45, 7) is 2.13. The van der Waals surface area contributed by atoms with Crippen molar-refractivity contribution in [1.29, 1.82) is 0 Å². The Balaban J connectivity index is 2.14. The molecule has 1 N–H and O–H groups in total. The lowest BCUT2D eigenvalue weighted by Crippen LogP contribution is -2.09. The first-order chi connectivity index (χ1) is 8.29. The van der Waals surface area contributed by atoms with Gasteiger partial charge in [0.2, 0.25) is 0 Å². The van der Waals surface area contributed by atoms with Crippen molar-refractivity contribution in [3.63, 3.8) is 0 Å². The molecule has 0 saturated carbocycles. The summed E-state index contributed by atoms with van der Waals surface area (Å²) in [5, 5.41) is 4.15. The quantitative estimate of drug-likeness (QED) is 0.895. The van der Waals surface area contributed by atoms with E-state index in [0.717, 1.165) is 17.1 Å². The zero-order valence-electron chi connectivity index (χ0n) is 9.60. The molecule has 0 aliphatic carbocycles. The van der Waals surface area contributed by atoms with E-state index in [2.05, 4.69) is 22.2 Å². The smallest absolute Gasteiger partial charge is 0.115 e. The Morgan fingerprint density at radius 2 is 1.82 bits per heavy atom. The van der Waals surface area contributed by atoms with Gasteiger partial charge in [-0.05, 0) is 24.1 Å². The normalized spacial score (nSPS) is 12.1. The van der Waals surface area contributed by atoms with E-state index < -0.39 is 0 Å². The topological polar surface area (TPSA) is 37.8 Å². The molecule has 3 nitrogen and oxygen atoms in total. The summed E-state index contributed by atoms with van der Waals surface area (Å²) < 4.78 is 0. The standard InChI is InChI=1S/C13H14ClN3/c1-2-13(10-3-5-11(14)6-4-10)17-12-7-15-9-16-8-12/h3-9,13,17H,2H2,1H3. The molecule has 1 heterocycles. The molecule has 0 fully saturated rings. The molecule has 0 aliphatic heterocycles. The van der Waals surface area contributed by atoms with E-state index in [1.54, 1.807) is 12.4 Å². The first kappa shape index (κ1) is 11.9. The summed E-state index contributed by atoms with van der Waals surface area (Å²) >= 11 is 5.88. The highest BCUT2D eigenvalue weighted by molar-refractivity contribution is 6.30. The van der Waals surface area contributed by atoms with Gasteiger partial charge in [-0.2, -0.15) is 0 Å². The van der Waals surface area contributed by atoms with Gasteiger partial charge in [-0.15, -0.1) is 0 Å². The van der Waals surface area contributed by atoms with Crippen LogP contribution in [-0.4, -0.2) is 9.97 Å². The number of hydrogen-bond acceptors (Lipinski definition) is 3. The molecular weight excluding hydrogens is 234 g/mol. The predicted octanol–water partition coefficient (Wildman–Crippen LogP) is 3.69. The van der Waals surface area contributed by atoms with Crippen molar-refractivity contribution in [3.05, 3.63) is 53.6 Å². The molecule has 2 rings (SSSR count). The molecule has 88 valence electrons. The van der Waals surface area contributed by atoms with Crippen LogP contribution in [0.15, 0.2) is 43.0 Å². The average molecular weight is 248 g/mol. The van der Waals surface area contributed by atoms with Crippen LogP contribution in [0.25, 0.3) is 0 Å². The molecule has 17 heavy (non-hydrogen) atoms. The predicted molar refractivity (Wildman–Crippen MR) is 70.1 cm³/mol. The van der Waals surface area contributed by atoms with E-state index in [-0.39, 0.29) is 6.04 Å². The number of hydrogen-bond donors (Lipinski definition) is 1. The van der Waals surface area contributed by atoms with Gasteiger partial charge in [-0.1, -0.05) is 30.7 Å². The van der Waals surface area contributed by atoms with Crippen LogP contribution in [0.2, 0.25) is 5.02 Å². The number of anilines is 1. The number of nitrogens with one attached hydrogen (secondary N) is 1. The Hall–Kier alpha value is -1.61. The van der Waals surface area contributed by atoms with Crippen LogP contribution in [0.3, 0.4) is 0 Å². The second kappa shape index (κ2) is 5.64. The summed E-state index contributed by atoms with van der Waals surface area (Å²) in [5.74, 6) is 0. The maximum atomic E-state index is 5.88. The van der Waals surface area contributed by atoms with Gasteiger partial charge < -0.3 is 5.32 Å². The van der Waals surface area contributed by atoms with E-state index in [4.69, 9.17) is 11.6 Å². The van der Waals surface area contributed by atoms with Crippen LogP contribution in [0, 0.1) is 0 Å². The van der Waals surface area contributed by atoms with Crippen LogP contribution >= 0.6 is 11.6 Å². The van der Waals surface area contributed by atoms with E-state index in [1.165, 1.54) is 11.9 Å². The summed E-state index contributed by atoms with van der Waals surface area (Å²) in [4.78, 5) is 7.97. The highest BCUT2D eigenvalue weighted by Crippen LogP contribution is 2.22. The molecule has 0 aliphatic rings. The number of benzene rings is 1. The van der Waals surface area contributed by atoms with Crippen molar-refractivity contribution in [2.24, 2.45) is 0 Å². The Morgan fingerprint density at radius 1 is 1.18 bits per heavy atom. The first-order valence-electron chi connectivity index (χ1n) is 5.56. The molecule has 0 amide bonds. The van der Waals surface area contributed by atoms with Crippen LogP contribution in [0.4, 0.5) is 5.69 Å². The summed E-state index contributed by atoms with van der Waals surface area (Å²) in [7, 11) is 0. The van der Waals surface area contributed by atoms with Crippen molar-refractivity contribution < 1.29 is 0 Å². The fourth-order valence-electron chi connectivity index (χ4n) is 1.69. The first-order valence-corrected chi connectivity index (χ1v) is 5.94. The maximum absolute atomic E-state index is 5.88. The molecular formula is C13H14ClN3. The van der Waals surface area contributed by atoms with E-state index >= 15 is 0 Å². The SMILES string of the molecule is CCC(Nc1cncnc1)c1ccc(Cl)cc1. The molecule has 1 atom stereocenters. The van der Waals surface area contributed by atoms with Crippen LogP contribution in [0.5, 0.6) is 0 Å². The Kier molecular flexibility index (Phi) is 3.94. The van der Waals surface area contributed by atoms with E-state index in [9.17, 15) is 0 Å². The summed E-state index contributed by atoms with van der Waals surface area (Å²) in [5.41, 5.74) is 2.13. The van der Waals surface area contributed by atoms with Crippen LogP contribution in [-0.2, 0) is 0 Å². The third-order valence-electron chi connectivity index (χ3n) is 2.58. The lowest BCUT2D eigenvalue weighted by Gasteiger charge is -2.18. The molecule has 4 heteroatoms. The third-order valence-corrected chi connectivity index (χ3v) is 2.83. The minimum atomic E-state index is 0.248. The molecule has 0 bridgehead atoms. The van der Waals surface area contributed by atoms with Crippen molar-refractivity contribution in [2.45, 2.75) is 19.4 Å². The van der Waals surface area contributed by atoms with Gasteiger partial charge in [0.15, 0.2) is 0 Å². The van der Waals surface area contributed by atoms with Crippen LogP contribution < -0.4 is 5.32 Å². The number of rotatable bonds is 4. The number of aromatic nitrogens is 2. The minimum Gasteiger partial charge on any atom is -0.376 e. The van der Waals surface area contributed by atoms with Crippen LogP contribution in [0.1, 0.15) is 24.9 Å². The molecule has 2 aromatic rings. The average Bonchev–Trinajstić information content (AvgIpc) is 2.38. The summed E-state index contributed by atoms with van der Waals surface area (Å²) in [6, 6.07) is 8.13. The molecule has 0 saturated heterocycles. The molecule has 1 unspecified atom stereocenters. The highest BCUT2D eigenvalue weighted by Gasteiger charge is 2.08. The lowest BCUT2D eigenvalue weighted by atomic mass is 10.0. The third kappa shape index (κ3) is 3.17. The van der Waals surface area contributed by atoms with Gasteiger partial charge in [-0.3, -0.25) is 0 Å². The summed E-state index contributed by atoms with van der Waals surface area (Å²) in [6.07, 6.45) is 6.04. The largest absolute Gasteiger partial charge is 0.376 e. The highest BCUT2D eigenvalue weighted by atomic mass is 35.5. The maximum Gasteiger partial charge on any atom is 0.115 e. The Labute approximate surface area is 106 Å². The Bertz CT molecular complexity index is 456. The van der Waals surface area contributed by atoms with Gasteiger partial charge in [0.05, 0.1) is 24.1 Å². The fourth-order valence-corrected chi connectivity index (χ4v) is 1.82. The number of nitrogens with zero attached hydrogens (tertiary/aromatic N) is 2. The zero-order chi connectivity index (χ0) is 12.1. The molecule has 1 aromatic heterocycles. The number of halogens is 1. The molecule has 0 spiro atoms. The van der Waals surface area contributed by atoms with Crippen molar-refractivity contribution in [1.82, 2.24) is 9.97 Å². The minimum absolute atomic E-state index is 0.248. The van der Waals surface area contributed by atoms with E-state index in [1.807, 2.05) is 24.3 Å². The second-order valence-electron chi connectivity index (χ2n) is 3.78. The van der Waals surface area contributed by atoms with Crippen molar-refractivity contribution in [2.75, 3.05) is 5.32 Å². The van der Waals surface area contributed by atoms with Gasteiger partial charge in [0.1, 0.15) is 6.33 Å². The van der Waals surface area contributed by atoms with E-state index in [0.29, 0.717) is 0 Å². The van der Waals surface area contributed by atoms with Gasteiger partial charge in [0.25, 0.3) is 0 Å². The molecule has 1 aromatic carbocycles. The zero-order valence-corrected chi connectivity index (χ0v) is 10.4. The lowest BCUT2D eigenvalue weighted by molar-refractivity contribution is 0.747.